The van der Waals surface area contributed by atoms with E-state index < -0.39 is 42.7 Å². The molecule has 1 saturated heterocycles. The zero-order valence-corrected chi connectivity index (χ0v) is 20.1. The van der Waals surface area contributed by atoms with Gasteiger partial charge in [0.05, 0.1) is 6.10 Å². The summed E-state index contributed by atoms with van der Waals surface area (Å²) in [7, 11) is 0. The molecule has 0 aliphatic carbocycles. The number of halogens is 11. The smallest absolute Gasteiger partial charge is 0.381 e. The monoisotopic (exact) mass is 552 g/mol. The van der Waals surface area contributed by atoms with Gasteiger partial charge in [0, 0.05) is 26.2 Å². The van der Waals surface area contributed by atoms with E-state index in [2.05, 4.69) is 0 Å². The second kappa shape index (κ2) is 14.3. The van der Waals surface area contributed by atoms with Gasteiger partial charge >= 0.3 is 29.9 Å². The highest BCUT2D eigenvalue weighted by Gasteiger charge is 2.86. The zero-order valence-electron chi connectivity index (χ0n) is 20.1. The summed E-state index contributed by atoms with van der Waals surface area (Å²) < 4.78 is 153. The van der Waals surface area contributed by atoms with Crippen LogP contribution in [0.3, 0.4) is 0 Å². The van der Waals surface area contributed by atoms with E-state index in [4.69, 9.17) is 9.47 Å². The van der Waals surface area contributed by atoms with Gasteiger partial charge in [0.15, 0.2) is 0 Å². The molecular weight excluding hydrogens is 517 g/mol. The summed E-state index contributed by atoms with van der Waals surface area (Å²) in [6.07, 6.45) is -0.204. The Morgan fingerprint density at radius 3 is 1.61 bits per heavy atom. The summed E-state index contributed by atoms with van der Waals surface area (Å²) in [4.78, 5) is 0. The third-order valence-electron chi connectivity index (χ3n) is 6.24. The van der Waals surface area contributed by atoms with E-state index in [-0.39, 0.29) is 12.5 Å². The van der Waals surface area contributed by atoms with E-state index in [9.17, 15) is 48.3 Å². The molecule has 13 heteroatoms. The normalized spacial score (nSPS) is 18.6. The fraction of sp³-hybridized carbons (Fsp3) is 1.00. The molecule has 36 heavy (non-hydrogen) atoms. The lowest BCUT2D eigenvalue weighted by atomic mass is 9.94. The lowest BCUT2D eigenvalue weighted by molar-refractivity contribution is -0.422. The fourth-order valence-electron chi connectivity index (χ4n) is 3.90. The maximum atomic E-state index is 13.6. The molecule has 0 aromatic rings. The summed E-state index contributed by atoms with van der Waals surface area (Å²) in [5, 5.41) is 0. The van der Waals surface area contributed by atoms with Crippen LogP contribution in [-0.4, -0.2) is 55.8 Å². The van der Waals surface area contributed by atoms with Gasteiger partial charge in [-0.1, -0.05) is 44.9 Å². The summed E-state index contributed by atoms with van der Waals surface area (Å²) >= 11 is 0. The van der Waals surface area contributed by atoms with Gasteiger partial charge in [-0.2, -0.15) is 48.3 Å². The van der Waals surface area contributed by atoms with Crippen LogP contribution in [0, 0.1) is 0 Å². The Balaban J connectivity index is 2.13. The van der Waals surface area contributed by atoms with Crippen molar-refractivity contribution in [1.82, 2.24) is 0 Å². The molecule has 1 rings (SSSR count). The first-order chi connectivity index (χ1) is 16.6. The lowest BCUT2D eigenvalue weighted by Gasteiger charge is -2.37. The van der Waals surface area contributed by atoms with Crippen LogP contribution in [0.2, 0.25) is 0 Å². The minimum atomic E-state index is -7.32. The van der Waals surface area contributed by atoms with Crippen molar-refractivity contribution in [3.05, 3.63) is 0 Å². The van der Waals surface area contributed by atoms with Crippen molar-refractivity contribution in [2.75, 3.05) is 19.8 Å². The number of ether oxygens (including phenoxy) is 2. The highest BCUT2D eigenvalue weighted by Crippen LogP contribution is 2.58. The second-order valence-corrected chi connectivity index (χ2v) is 9.25. The lowest BCUT2D eigenvalue weighted by Crippen LogP contribution is -2.66. The van der Waals surface area contributed by atoms with Gasteiger partial charge in [0.25, 0.3) is 0 Å². The first kappa shape index (κ1) is 33.2. The third kappa shape index (κ3) is 9.16. The van der Waals surface area contributed by atoms with Crippen molar-refractivity contribution in [3.63, 3.8) is 0 Å². The molecule has 1 atom stereocenters. The first-order valence-corrected chi connectivity index (χ1v) is 12.4. The second-order valence-electron chi connectivity index (χ2n) is 9.25. The van der Waals surface area contributed by atoms with Crippen molar-refractivity contribution in [3.8, 4) is 0 Å². The molecule has 0 radical (unpaired) electrons. The number of hydrogen-bond donors (Lipinski definition) is 0. The van der Waals surface area contributed by atoms with E-state index in [1.54, 1.807) is 0 Å². The molecule has 0 aromatic heterocycles. The molecule has 1 fully saturated rings. The van der Waals surface area contributed by atoms with Crippen LogP contribution in [0.5, 0.6) is 0 Å². The molecule has 1 heterocycles. The maximum absolute atomic E-state index is 13.6. The topological polar surface area (TPSA) is 18.5 Å². The van der Waals surface area contributed by atoms with Crippen molar-refractivity contribution in [2.45, 2.75) is 126 Å². The SMILES string of the molecule is FC(F)(F)C(F)(F)C(F)(F)C(F)(F)C(F)(F)CCCCCCCCCCCOCCC1CCCCO1. The molecule has 0 amide bonds. The van der Waals surface area contributed by atoms with Crippen LogP contribution >= 0.6 is 0 Å². The number of unbranched alkanes of at least 4 members (excludes halogenated alkanes) is 8. The molecule has 1 aliphatic rings. The van der Waals surface area contributed by atoms with Crippen LogP contribution in [0.15, 0.2) is 0 Å². The van der Waals surface area contributed by atoms with Gasteiger partial charge < -0.3 is 9.47 Å². The molecule has 0 aromatic carbocycles. The summed E-state index contributed by atoms with van der Waals surface area (Å²) in [5.41, 5.74) is 0. The molecule has 0 saturated carbocycles. The standard InChI is InChI=1S/C23H35F11O2/c24-19(25,20(26,27)21(28,29)22(30,31)23(32,33)34)14-9-6-4-2-1-3-5-7-10-15-35-17-13-18-12-8-11-16-36-18/h18H,1-17H2. The Morgan fingerprint density at radius 2 is 1.11 bits per heavy atom. The van der Waals surface area contributed by atoms with Gasteiger partial charge in [0.2, 0.25) is 0 Å². The molecule has 216 valence electrons. The van der Waals surface area contributed by atoms with E-state index in [0.717, 1.165) is 58.0 Å². The van der Waals surface area contributed by atoms with Crippen molar-refractivity contribution in [1.29, 1.82) is 0 Å². The van der Waals surface area contributed by atoms with E-state index >= 15 is 0 Å². The van der Waals surface area contributed by atoms with Crippen LogP contribution in [0.4, 0.5) is 48.3 Å². The van der Waals surface area contributed by atoms with E-state index in [1.807, 2.05) is 0 Å². The number of hydrogen-bond acceptors (Lipinski definition) is 2. The Hall–Kier alpha value is -0.850. The minimum Gasteiger partial charge on any atom is -0.381 e. The predicted molar refractivity (Wildman–Crippen MR) is 111 cm³/mol. The highest BCUT2D eigenvalue weighted by molar-refractivity contribution is 5.06. The third-order valence-corrected chi connectivity index (χ3v) is 6.24. The quantitative estimate of drug-likeness (QED) is 0.125. The average molecular weight is 553 g/mol. The maximum Gasteiger partial charge on any atom is 0.460 e. The highest BCUT2D eigenvalue weighted by atomic mass is 19.4. The number of rotatable bonds is 18. The number of alkyl halides is 11. The molecule has 0 spiro atoms. The van der Waals surface area contributed by atoms with Crippen molar-refractivity contribution in [2.24, 2.45) is 0 Å². The van der Waals surface area contributed by atoms with Crippen LogP contribution in [0.25, 0.3) is 0 Å². The van der Waals surface area contributed by atoms with E-state index in [0.29, 0.717) is 26.1 Å². The first-order valence-electron chi connectivity index (χ1n) is 12.4. The van der Waals surface area contributed by atoms with Crippen molar-refractivity contribution >= 4 is 0 Å². The van der Waals surface area contributed by atoms with Gasteiger partial charge in [0.1, 0.15) is 0 Å². The van der Waals surface area contributed by atoms with Gasteiger partial charge in [-0.05, 0) is 38.5 Å². The van der Waals surface area contributed by atoms with Gasteiger partial charge in [-0.15, -0.1) is 0 Å². The molecule has 1 aliphatic heterocycles. The van der Waals surface area contributed by atoms with E-state index in [1.165, 1.54) is 6.42 Å². The van der Waals surface area contributed by atoms with Crippen LogP contribution < -0.4 is 0 Å². The summed E-state index contributed by atoms with van der Waals surface area (Å²) in [6, 6.07) is 0. The fourth-order valence-corrected chi connectivity index (χ4v) is 3.90. The average Bonchev–Trinajstić information content (AvgIpc) is 2.78. The molecule has 0 N–H and O–H groups in total. The van der Waals surface area contributed by atoms with Crippen molar-refractivity contribution < 1.29 is 57.8 Å². The molecular formula is C23H35F11O2. The summed E-state index contributed by atoms with van der Waals surface area (Å²) in [5.74, 6) is -27.2. The Morgan fingerprint density at radius 1 is 0.583 bits per heavy atom. The predicted octanol–water partition coefficient (Wildman–Crippen LogP) is 8.97. The Kier molecular flexibility index (Phi) is 13.2. The van der Waals surface area contributed by atoms with Crippen LogP contribution in [0.1, 0.15) is 89.9 Å². The van der Waals surface area contributed by atoms with Gasteiger partial charge in [-0.25, -0.2) is 0 Å². The Labute approximate surface area is 204 Å². The molecule has 0 bridgehead atoms. The zero-order chi connectivity index (χ0) is 27.5. The minimum absolute atomic E-state index is 0.0779. The summed E-state index contributed by atoms with van der Waals surface area (Å²) in [6.45, 7) is 2.09. The van der Waals surface area contributed by atoms with Crippen LogP contribution in [-0.2, 0) is 9.47 Å². The largest absolute Gasteiger partial charge is 0.460 e. The van der Waals surface area contributed by atoms with Gasteiger partial charge in [-0.3, -0.25) is 0 Å². The Bertz CT molecular complexity index is 603. The molecule has 1 unspecified atom stereocenters. The molecule has 2 nitrogen and oxygen atoms in total.